The molecule has 0 fully saturated rings. The maximum Gasteiger partial charge on any atom is 0.315 e. The molecule has 0 aliphatic rings. The molecule has 3 N–H and O–H groups in total. The molecule has 110 valence electrons. The number of carbonyl (C=O) groups is 2. The summed E-state index contributed by atoms with van der Waals surface area (Å²) in [5.74, 6) is -1.48. The molecule has 1 aromatic carbocycles. The number of nitrogens with zero attached hydrogens (tertiary/aromatic N) is 2. The van der Waals surface area contributed by atoms with E-state index in [1.807, 2.05) is 30.3 Å². The minimum absolute atomic E-state index is 0.305. The van der Waals surface area contributed by atoms with Gasteiger partial charge in [-0.15, -0.1) is 0 Å². The topological polar surface area (TPSA) is 108 Å². The summed E-state index contributed by atoms with van der Waals surface area (Å²) >= 11 is 0. The second-order valence-electron chi connectivity index (χ2n) is 4.57. The van der Waals surface area contributed by atoms with Crippen LogP contribution in [-0.2, 0) is 16.0 Å². The van der Waals surface area contributed by atoms with Crippen molar-refractivity contribution in [2.45, 2.75) is 13.3 Å². The maximum atomic E-state index is 11.5. The number of hydrogen-bond acceptors (Lipinski definition) is 4. The fourth-order valence-corrected chi connectivity index (χ4v) is 1.69. The molecule has 21 heavy (non-hydrogen) atoms. The second-order valence-corrected chi connectivity index (χ2v) is 4.57. The van der Waals surface area contributed by atoms with Crippen LogP contribution in [0.1, 0.15) is 12.7 Å². The van der Waals surface area contributed by atoms with E-state index in [0.29, 0.717) is 24.6 Å². The van der Waals surface area contributed by atoms with Crippen LogP contribution in [0.4, 0.5) is 0 Å². The standard InChI is InChI=1S/C14H16N4O3/c1-9(14(20)21)13(19)15-8-7-11-16-12(18-17-11)10-5-3-2-4-6-10/h2-6,9H,7-8H2,1H3,(H,15,19)(H,20,21)(H,16,17,18). The van der Waals surface area contributed by atoms with E-state index in [4.69, 9.17) is 5.11 Å². The molecule has 1 heterocycles. The van der Waals surface area contributed by atoms with Crippen molar-refractivity contribution in [3.05, 3.63) is 36.2 Å². The van der Waals surface area contributed by atoms with Crippen LogP contribution < -0.4 is 5.32 Å². The van der Waals surface area contributed by atoms with Crippen LogP contribution in [0.25, 0.3) is 11.4 Å². The molecule has 1 amide bonds. The van der Waals surface area contributed by atoms with E-state index in [0.717, 1.165) is 5.56 Å². The van der Waals surface area contributed by atoms with Gasteiger partial charge >= 0.3 is 5.97 Å². The molecule has 7 nitrogen and oxygen atoms in total. The highest BCUT2D eigenvalue weighted by Crippen LogP contribution is 2.13. The summed E-state index contributed by atoms with van der Waals surface area (Å²) in [5.41, 5.74) is 0.906. The summed E-state index contributed by atoms with van der Waals surface area (Å²) in [6.07, 6.45) is 0.456. The number of carboxylic acids is 1. The fraction of sp³-hybridized carbons (Fsp3) is 0.286. The Bertz CT molecular complexity index is 624. The molecule has 0 saturated carbocycles. The summed E-state index contributed by atoms with van der Waals surface area (Å²) in [7, 11) is 0. The average Bonchev–Trinajstić information content (AvgIpc) is 2.96. The molecule has 7 heteroatoms. The molecule has 1 unspecified atom stereocenters. The van der Waals surface area contributed by atoms with E-state index in [-0.39, 0.29) is 0 Å². The lowest BCUT2D eigenvalue weighted by atomic mass is 10.2. The van der Waals surface area contributed by atoms with Crippen molar-refractivity contribution >= 4 is 11.9 Å². The minimum atomic E-state index is -1.14. The molecule has 2 aromatic rings. The van der Waals surface area contributed by atoms with Crippen molar-refractivity contribution in [3.63, 3.8) is 0 Å². The Morgan fingerprint density at radius 2 is 2.05 bits per heavy atom. The zero-order valence-electron chi connectivity index (χ0n) is 11.5. The predicted molar refractivity (Wildman–Crippen MR) is 75.3 cm³/mol. The Morgan fingerprint density at radius 3 is 2.71 bits per heavy atom. The SMILES string of the molecule is CC(C(=O)O)C(=O)NCCc1nc(-c2ccccc2)n[nH]1. The Labute approximate surface area is 121 Å². The number of aromatic amines is 1. The lowest BCUT2D eigenvalue weighted by molar-refractivity contribution is -0.146. The lowest BCUT2D eigenvalue weighted by Crippen LogP contribution is -2.34. The maximum absolute atomic E-state index is 11.5. The van der Waals surface area contributed by atoms with Gasteiger partial charge in [-0.05, 0) is 6.92 Å². The lowest BCUT2D eigenvalue weighted by Gasteiger charge is -2.06. The highest BCUT2D eigenvalue weighted by atomic mass is 16.4. The smallest absolute Gasteiger partial charge is 0.315 e. The van der Waals surface area contributed by atoms with Crippen LogP contribution in [0, 0.1) is 5.92 Å². The minimum Gasteiger partial charge on any atom is -0.481 e. The van der Waals surface area contributed by atoms with Crippen LogP contribution in [0.15, 0.2) is 30.3 Å². The van der Waals surface area contributed by atoms with Crippen molar-refractivity contribution < 1.29 is 14.7 Å². The summed E-state index contributed by atoms with van der Waals surface area (Å²) in [5, 5.41) is 18.2. The van der Waals surface area contributed by atoms with Gasteiger partial charge in [0.1, 0.15) is 11.7 Å². The molecular weight excluding hydrogens is 272 g/mol. The van der Waals surface area contributed by atoms with Gasteiger partial charge in [0.2, 0.25) is 5.91 Å². The number of rotatable bonds is 6. The number of carbonyl (C=O) groups excluding carboxylic acids is 1. The second kappa shape index (κ2) is 6.65. The van der Waals surface area contributed by atoms with Crippen LogP contribution in [0.3, 0.4) is 0 Å². The van der Waals surface area contributed by atoms with E-state index in [1.54, 1.807) is 0 Å². The first kappa shape index (κ1) is 14.7. The number of H-pyrrole nitrogens is 1. The molecule has 1 aromatic heterocycles. The number of amides is 1. The van der Waals surface area contributed by atoms with Crippen molar-refractivity contribution in [2.75, 3.05) is 6.54 Å². The largest absolute Gasteiger partial charge is 0.481 e. The molecular formula is C14H16N4O3. The van der Waals surface area contributed by atoms with Gasteiger partial charge in [-0.2, -0.15) is 5.10 Å². The first-order chi connectivity index (χ1) is 10.1. The van der Waals surface area contributed by atoms with Gasteiger partial charge in [0, 0.05) is 18.5 Å². The van der Waals surface area contributed by atoms with E-state index in [2.05, 4.69) is 20.5 Å². The molecule has 0 saturated heterocycles. The first-order valence-electron chi connectivity index (χ1n) is 6.55. The van der Waals surface area contributed by atoms with E-state index < -0.39 is 17.8 Å². The molecule has 0 aliphatic heterocycles. The monoisotopic (exact) mass is 288 g/mol. The van der Waals surface area contributed by atoms with Gasteiger partial charge in [0.15, 0.2) is 5.82 Å². The zero-order valence-corrected chi connectivity index (χ0v) is 11.5. The fourth-order valence-electron chi connectivity index (χ4n) is 1.69. The number of benzene rings is 1. The van der Waals surface area contributed by atoms with Gasteiger partial charge in [-0.25, -0.2) is 4.98 Å². The Balaban J connectivity index is 1.87. The molecule has 0 radical (unpaired) electrons. The third kappa shape index (κ3) is 3.88. The van der Waals surface area contributed by atoms with Crippen LogP contribution in [0.2, 0.25) is 0 Å². The number of hydrogen-bond donors (Lipinski definition) is 3. The van der Waals surface area contributed by atoms with Crippen molar-refractivity contribution in [3.8, 4) is 11.4 Å². The Morgan fingerprint density at radius 1 is 1.33 bits per heavy atom. The van der Waals surface area contributed by atoms with Gasteiger partial charge in [-0.1, -0.05) is 30.3 Å². The summed E-state index contributed by atoms with van der Waals surface area (Å²) in [6, 6.07) is 9.53. The normalized spacial score (nSPS) is 11.9. The molecule has 0 spiro atoms. The predicted octanol–water partition coefficient (Wildman–Crippen LogP) is 0.851. The quantitative estimate of drug-likeness (QED) is 0.683. The van der Waals surface area contributed by atoms with Gasteiger partial charge in [0.05, 0.1) is 0 Å². The van der Waals surface area contributed by atoms with E-state index in [9.17, 15) is 9.59 Å². The van der Waals surface area contributed by atoms with E-state index >= 15 is 0 Å². The number of carboxylic acid groups (broad SMARTS) is 1. The zero-order chi connectivity index (χ0) is 15.2. The highest BCUT2D eigenvalue weighted by molar-refractivity contribution is 5.96. The number of aromatic nitrogens is 3. The van der Waals surface area contributed by atoms with Crippen molar-refractivity contribution in [1.82, 2.24) is 20.5 Å². The summed E-state index contributed by atoms with van der Waals surface area (Å²) in [6.45, 7) is 1.65. The third-order valence-electron chi connectivity index (χ3n) is 2.99. The summed E-state index contributed by atoms with van der Waals surface area (Å²) < 4.78 is 0. The highest BCUT2D eigenvalue weighted by Gasteiger charge is 2.19. The van der Waals surface area contributed by atoms with Crippen molar-refractivity contribution in [2.24, 2.45) is 5.92 Å². The Hall–Kier alpha value is -2.70. The molecule has 2 rings (SSSR count). The van der Waals surface area contributed by atoms with Crippen molar-refractivity contribution in [1.29, 1.82) is 0 Å². The van der Waals surface area contributed by atoms with Gasteiger partial charge < -0.3 is 10.4 Å². The van der Waals surface area contributed by atoms with Crippen LogP contribution in [-0.4, -0.2) is 38.7 Å². The number of aliphatic carboxylic acids is 1. The first-order valence-corrected chi connectivity index (χ1v) is 6.55. The van der Waals surface area contributed by atoms with E-state index in [1.165, 1.54) is 6.92 Å². The third-order valence-corrected chi connectivity index (χ3v) is 2.99. The number of nitrogens with one attached hydrogen (secondary N) is 2. The molecule has 0 aliphatic carbocycles. The molecule has 0 bridgehead atoms. The van der Waals surface area contributed by atoms with Crippen LogP contribution >= 0.6 is 0 Å². The van der Waals surface area contributed by atoms with Gasteiger partial charge in [-0.3, -0.25) is 14.7 Å². The average molecular weight is 288 g/mol. The Kier molecular flexibility index (Phi) is 4.65. The van der Waals surface area contributed by atoms with Gasteiger partial charge in [0.25, 0.3) is 0 Å². The van der Waals surface area contributed by atoms with Crippen LogP contribution in [0.5, 0.6) is 0 Å². The molecule has 1 atom stereocenters. The summed E-state index contributed by atoms with van der Waals surface area (Å²) in [4.78, 5) is 26.4.